The molecule has 34 heavy (non-hydrogen) atoms. The molecule has 3 nitrogen and oxygen atoms in total. The number of aromatic nitrogens is 2. The molecular formula is C26H17F5N2O. The first-order chi connectivity index (χ1) is 16.4. The highest BCUT2D eigenvalue weighted by Crippen LogP contribution is 2.25. The maximum absolute atomic E-state index is 14.6. The highest BCUT2D eigenvalue weighted by molar-refractivity contribution is 5.84. The summed E-state index contributed by atoms with van der Waals surface area (Å²) in [5, 5.41) is -0.0632. The lowest BCUT2D eigenvalue weighted by Crippen LogP contribution is -1.99. The molecule has 0 N–H and O–H groups in total. The highest BCUT2D eigenvalue weighted by atomic mass is 19.2. The average molecular weight is 468 g/mol. The zero-order chi connectivity index (χ0) is 24.2. The molecule has 1 aromatic heterocycles. The summed E-state index contributed by atoms with van der Waals surface area (Å²) in [6.07, 6.45) is 4.72. The lowest BCUT2D eigenvalue weighted by atomic mass is 10.1. The van der Waals surface area contributed by atoms with E-state index in [1.54, 1.807) is 0 Å². The van der Waals surface area contributed by atoms with E-state index in [2.05, 4.69) is 21.8 Å². The van der Waals surface area contributed by atoms with E-state index < -0.39 is 34.6 Å². The molecule has 0 spiro atoms. The van der Waals surface area contributed by atoms with Gasteiger partial charge in [0, 0.05) is 16.5 Å². The van der Waals surface area contributed by atoms with Gasteiger partial charge in [-0.25, -0.2) is 31.9 Å². The van der Waals surface area contributed by atoms with Gasteiger partial charge in [-0.3, -0.25) is 0 Å². The largest absolute Gasteiger partial charge is 0.490 e. The molecular weight excluding hydrogens is 451 g/mol. The summed E-state index contributed by atoms with van der Waals surface area (Å²) in [5.41, 5.74) is -0.123. The Balaban J connectivity index is 1.60. The number of nitrogens with zero attached hydrogens (tertiary/aromatic N) is 2. The van der Waals surface area contributed by atoms with Crippen molar-refractivity contribution in [2.75, 3.05) is 6.61 Å². The predicted octanol–water partition coefficient (Wildman–Crippen LogP) is 6.57. The number of rotatable bonds is 5. The number of fused-ring (bicyclic) bond motifs is 1. The monoisotopic (exact) mass is 468 g/mol. The minimum atomic E-state index is -1.57. The normalized spacial score (nSPS) is 10.8. The molecule has 0 fully saturated rings. The van der Waals surface area contributed by atoms with Gasteiger partial charge in [-0.15, -0.1) is 0 Å². The van der Waals surface area contributed by atoms with Crippen LogP contribution in [-0.4, -0.2) is 16.6 Å². The van der Waals surface area contributed by atoms with Crippen LogP contribution in [0, 0.1) is 40.9 Å². The van der Waals surface area contributed by atoms with Crippen molar-refractivity contribution in [2.45, 2.75) is 19.8 Å². The summed E-state index contributed by atoms with van der Waals surface area (Å²) in [4.78, 5) is 8.18. The second-order valence-corrected chi connectivity index (χ2v) is 7.43. The third-order valence-corrected chi connectivity index (χ3v) is 5.00. The minimum Gasteiger partial charge on any atom is -0.490 e. The van der Waals surface area contributed by atoms with Crippen LogP contribution in [0.2, 0.25) is 0 Å². The molecule has 4 rings (SSSR count). The van der Waals surface area contributed by atoms with E-state index in [1.165, 1.54) is 30.6 Å². The van der Waals surface area contributed by atoms with Gasteiger partial charge in [-0.1, -0.05) is 31.3 Å². The van der Waals surface area contributed by atoms with Gasteiger partial charge in [0.1, 0.15) is 11.6 Å². The number of hydrogen-bond donors (Lipinski definition) is 0. The van der Waals surface area contributed by atoms with Crippen LogP contribution in [0.15, 0.2) is 48.8 Å². The Hall–Kier alpha value is -3.99. The molecule has 0 aliphatic carbocycles. The lowest BCUT2D eigenvalue weighted by molar-refractivity contribution is 0.307. The maximum Gasteiger partial charge on any atom is 0.195 e. The van der Waals surface area contributed by atoms with Gasteiger partial charge >= 0.3 is 0 Å². The third-order valence-electron chi connectivity index (χ3n) is 5.00. The Morgan fingerprint density at radius 2 is 1.53 bits per heavy atom. The van der Waals surface area contributed by atoms with Crippen molar-refractivity contribution in [1.29, 1.82) is 0 Å². The molecule has 0 aliphatic heterocycles. The molecule has 0 bridgehead atoms. The Morgan fingerprint density at radius 1 is 0.824 bits per heavy atom. The Bertz CT molecular complexity index is 1400. The second-order valence-electron chi connectivity index (χ2n) is 7.43. The van der Waals surface area contributed by atoms with E-state index in [9.17, 15) is 22.0 Å². The van der Waals surface area contributed by atoms with Gasteiger partial charge in [0.25, 0.3) is 0 Å². The third kappa shape index (κ3) is 4.84. The van der Waals surface area contributed by atoms with Crippen molar-refractivity contribution >= 4 is 10.8 Å². The zero-order valence-electron chi connectivity index (χ0n) is 17.9. The fourth-order valence-electron chi connectivity index (χ4n) is 3.21. The molecule has 0 saturated heterocycles. The summed E-state index contributed by atoms with van der Waals surface area (Å²) in [7, 11) is 0. The summed E-state index contributed by atoms with van der Waals surface area (Å²) >= 11 is 0. The van der Waals surface area contributed by atoms with Crippen LogP contribution in [-0.2, 0) is 0 Å². The first-order valence-electron chi connectivity index (χ1n) is 10.4. The van der Waals surface area contributed by atoms with Gasteiger partial charge in [-0.2, -0.15) is 0 Å². The number of hydrogen-bond acceptors (Lipinski definition) is 3. The van der Waals surface area contributed by atoms with Crippen molar-refractivity contribution < 1.29 is 26.7 Å². The molecule has 8 heteroatoms. The first kappa shape index (κ1) is 23.2. The quantitative estimate of drug-likeness (QED) is 0.144. The molecule has 4 aromatic rings. The standard InChI is InChI=1S/C26H17F5N2O/c1-2-3-8-34-18-13-32-26(33-14-18)17-11-21(27)20(22(28)12-17)7-5-15-4-6-19-16(9-15)10-23(29)25(31)24(19)30/h4,6,9-14H,2-3,8H2,1H3. The van der Waals surface area contributed by atoms with Crippen LogP contribution < -0.4 is 4.74 Å². The summed E-state index contributed by atoms with van der Waals surface area (Å²) < 4.78 is 75.5. The summed E-state index contributed by atoms with van der Waals surface area (Å²) in [5.74, 6) is -0.539. The molecule has 172 valence electrons. The van der Waals surface area contributed by atoms with Crippen molar-refractivity contribution in [3.63, 3.8) is 0 Å². The van der Waals surface area contributed by atoms with Gasteiger partial charge in [0.2, 0.25) is 0 Å². The van der Waals surface area contributed by atoms with Gasteiger partial charge in [-0.05, 0) is 42.1 Å². The lowest BCUT2D eigenvalue weighted by Gasteiger charge is -2.06. The van der Waals surface area contributed by atoms with Gasteiger partial charge in [0.05, 0.1) is 24.6 Å². The maximum atomic E-state index is 14.6. The van der Waals surface area contributed by atoms with E-state index in [1.807, 2.05) is 6.92 Å². The van der Waals surface area contributed by atoms with Crippen LogP contribution >= 0.6 is 0 Å². The molecule has 1 heterocycles. The molecule has 0 aliphatic rings. The molecule has 0 unspecified atom stereocenters. The van der Waals surface area contributed by atoms with Crippen LogP contribution in [0.5, 0.6) is 5.75 Å². The van der Waals surface area contributed by atoms with Crippen LogP contribution in [0.3, 0.4) is 0 Å². The van der Waals surface area contributed by atoms with Gasteiger partial charge in [0.15, 0.2) is 29.0 Å². The summed E-state index contributed by atoms with van der Waals surface area (Å²) in [6.45, 7) is 2.56. The molecule has 0 radical (unpaired) electrons. The van der Waals surface area contributed by atoms with Crippen LogP contribution in [0.4, 0.5) is 22.0 Å². The fourth-order valence-corrected chi connectivity index (χ4v) is 3.21. The molecule has 0 amide bonds. The Labute approximate surface area is 192 Å². The topological polar surface area (TPSA) is 35.0 Å². The van der Waals surface area contributed by atoms with E-state index in [0.29, 0.717) is 12.4 Å². The van der Waals surface area contributed by atoms with Crippen molar-refractivity contribution in [1.82, 2.24) is 9.97 Å². The van der Waals surface area contributed by atoms with E-state index in [-0.39, 0.29) is 27.7 Å². The Kier molecular flexibility index (Phi) is 6.73. The average Bonchev–Trinajstić information content (AvgIpc) is 2.82. The predicted molar refractivity (Wildman–Crippen MR) is 118 cm³/mol. The van der Waals surface area contributed by atoms with Crippen molar-refractivity contribution in [3.8, 4) is 29.0 Å². The minimum absolute atomic E-state index is 0.0683. The smallest absolute Gasteiger partial charge is 0.195 e. The van der Waals surface area contributed by atoms with Crippen LogP contribution in [0.1, 0.15) is 30.9 Å². The number of unbranched alkanes of at least 4 members (excludes halogenated alkanes) is 1. The fraction of sp³-hybridized carbons (Fsp3) is 0.154. The van der Waals surface area contributed by atoms with E-state index in [0.717, 1.165) is 31.0 Å². The second kappa shape index (κ2) is 9.87. The van der Waals surface area contributed by atoms with Crippen molar-refractivity contribution in [3.05, 3.63) is 89.0 Å². The number of benzene rings is 3. The summed E-state index contributed by atoms with van der Waals surface area (Å²) in [6, 6.07) is 6.82. The van der Waals surface area contributed by atoms with Gasteiger partial charge < -0.3 is 4.74 Å². The van der Waals surface area contributed by atoms with Crippen LogP contribution in [0.25, 0.3) is 22.2 Å². The highest BCUT2D eigenvalue weighted by Gasteiger charge is 2.14. The van der Waals surface area contributed by atoms with E-state index >= 15 is 0 Å². The number of ether oxygens (including phenoxy) is 1. The molecule has 0 saturated carbocycles. The molecule has 0 atom stereocenters. The number of halogens is 5. The first-order valence-corrected chi connectivity index (χ1v) is 10.4. The van der Waals surface area contributed by atoms with E-state index in [4.69, 9.17) is 4.74 Å². The SMILES string of the molecule is CCCCOc1cnc(-c2cc(F)c(C#Cc3ccc4c(F)c(F)c(F)cc4c3)c(F)c2)nc1. The Morgan fingerprint density at radius 3 is 2.21 bits per heavy atom. The molecule has 3 aromatic carbocycles. The zero-order valence-corrected chi connectivity index (χ0v) is 17.9. The van der Waals surface area contributed by atoms with Crippen molar-refractivity contribution in [2.24, 2.45) is 0 Å².